The molecule has 29 heavy (non-hydrogen) atoms. The Bertz CT molecular complexity index is 1040. The molecule has 0 aliphatic carbocycles. The molecule has 0 saturated heterocycles. The molecule has 0 atom stereocenters. The first kappa shape index (κ1) is 20.7. The average molecular weight is 415 g/mol. The minimum atomic E-state index is -0.344. The number of carbonyl (C=O) groups is 2. The van der Waals surface area contributed by atoms with Crippen LogP contribution < -0.4 is 10.1 Å². The second-order valence-corrected chi connectivity index (χ2v) is 6.98. The quantitative estimate of drug-likeness (QED) is 0.611. The number of carbonyl (C=O) groups excluding carboxylic acids is 2. The number of aromatic nitrogens is 2. The maximum atomic E-state index is 12.6. The molecule has 0 spiro atoms. The zero-order valence-corrected chi connectivity index (χ0v) is 17.3. The number of aromatic amines is 1. The van der Waals surface area contributed by atoms with E-state index in [9.17, 15) is 9.59 Å². The molecule has 1 aromatic heterocycles. The summed E-state index contributed by atoms with van der Waals surface area (Å²) >= 11 is 6.26. The highest BCUT2D eigenvalue weighted by atomic mass is 35.5. The van der Waals surface area contributed by atoms with Gasteiger partial charge in [0, 0.05) is 24.2 Å². The first-order valence-electron chi connectivity index (χ1n) is 9.39. The largest absolute Gasteiger partial charge is 0.482 e. The van der Waals surface area contributed by atoms with E-state index in [1.54, 1.807) is 23.1 Å². The molecule has 0 aliphatic rings. The van der Waals surface area contributed by atoms with Crippen molar-refractivity contribution in [3.05, 3.63) is 52.7 Å². The number of nitrogens with one attached hydrogen (secondary N) is 2. The Hall–Kier alpha value is -3.06. The van der Waals surface area contributed by atoms with Gasteiger partial charge in [0.25, 0.3) is 11.8 Å². The van der Waals surface area contributed by atoms with Gasteiger partial charge >= 0.3 is 0 Å². The summed E-state index contributed by atoms with van der Waals surface area (Å²) in [7, 11) is 0. The third-order valence-corrected chi connectivity index (χ3v) is 4.89. The number of hydrogen-bond acceptors (Lipinski definition) is 4. The van der Waals surface area contributed by atoms with Crippen molar-refractivity contribution in [1.29, 1.82) is 0 Å². The number of ether oxygens (including phenoxy) is 1. The van der Waals surface area contributed by atoms with Gasteiger partial charge in [-0.05, 0) is 51.1 Å². The number of benzene rings is 2. The SMILES string of the molecule is CCN(CC)C(=O)COc1ccc(NC(=O)c2n[nH]c3ccc(C)cc23)cc1Cl. The number of nitrogens with zero attached hydrogens (tertiary/aromatic N) is 2. The van der Waals surface area contributed by atoms with Gasteiger partial charge in [-0.25, -0.2) is 0 Å². The molecule has 0 saturated carbocycles. The van der Waals surface area contributed by atoms with Crippen molar-refractivity contribution in [3.63, 3.8) is 0 Å². The lowest BCUT2D eigenvalue weighted by Crippen LogP contribution is -2.34. The van der Waals surface area contributed by atoms with Gasteiger partial charge in [-0.1, -0.05) is 23.2 Å². The fourth-order valence-electron chi connectivity index (χ4n) is 2.99. The first-order valence-corrected chi connectivity index (χ1v) is 9.77. The Kier molecular flexibility index (Phi) is 6.39. The molecule has 1 heterocycles. The molecule has 2 N–H and O–H groups in total. The molecule has 3 rings (SSSR count). The predicted octanol–water partition coefficient (Wildman–Crippen LogP) is 4.02. The number of hydrogen-bond donors (Lipinski definition) is 2. The number of amides is 2. The summed E-state index contributed by atoms with van der Waals surface area (Å²) in [5.74, 6) is -0.0709. The van der Waals surface area contributed by atoms with Crippen molar-refractivity contribution in [2.75, 3.05) is 25.0 Å². The Morgan fingerprint density at radius 3 is 2.62 bits per heavy atom. The highest BCUT2D eigenvalue weighted by Gasteiger charge is 2.16. The summed E-state index contributed by atoms with van der Waals surface area (Å²) in [5.41, 5.74) is 2.65. The molecule has 8 heteroatoms. The number of aryl methyl sites for hydroxylation is 1. The van der Waals surface area contributed by atoms with Crippen LogP contribution in [-0.4, -0.2) is 46.6 Å². The number of likely N-dealkylation sites (N-methyl/N-ethyl adjacent to an activating group) is 1. The van der Waals surface area contributed by atoms with Gasteiger partial charge in [-0.15, -0.1) is 0 Å². The highest BCUT2D eigenvalue weighted by molar-refractivity contribution is 6.32. The summed E-state index contributed by atoms with van der Waals surface area (Å²) in [6.45, 7) is 6.94. The van der Waals surface area contributed by atoms with Crippen LogP contribution in [-0.2, 0) is 4.79 Å². The van der Waals surface area contributed by atoms with Gasteiger partial charge in [0.15, 0.2) is 12.3 Å². The van der Waals surface area contributed by atoms with E-state index in [2.05, 4.69) is 15.5 Å². The smallest absolute Gasteiger partial charge is 0.276 e. The second-order valence-electron chi connectivity index (χ2n) is 6.58. The fourth-order valence-corrected chi connectivity index (χ4v) is 3.23. The minimum Gasteiger partial charge on any atom is -0.482 e. The maximum absolute atomic E-state index is 12.6. The number of rotatable bonds is 7. The van der Waals surface area contributed by atoms with Crippen LogP contribution in [0, 0.1) is 6.92 Å². The van der Waals surface area contributed by atoms with E-state index < -0.39 is 0 Å². The zero-order chi connectivity index (χ0) is 21.0. The summed E-state index contributed by atoms with van der Waals surface area (Å²) in [6.07, 6.45) is 0. The minimum absolute atomic E-state index is 0.0916. The molecule has 2 aromatic carbocycles. The topological polar surface area (TPSA) is 87.3 Å². The molecule has 7 nitrogen and oxygen atoms in total. The van der Waals surface area contributed by atoms with Crippen LogP contribution in [0.3, 0.4) is 0 Å². The third kappa shape index (κ3) is 4.68. The van der Waals surface area contributed by atoms with Crippen LogP contribution in [0.1, 0.15) is 29.9 Å². The lowest BCUT2D eigenvalue weighted by Gasteiger charge is -2.19. The van der Waals surface area contributed by atoms with E-state index in [4.69, 9.17) is 16.3 Å². The predicted molar refractivity (Wildman–Crippen MR) is 114 cm³/mol. The summed E-state index contributed by atoms with van der Waals surface area (Å²) in [5, 5.41) is 10.8. The Morgan fingerprint density at radius 2 is 1.93 bits per heavy atom. The van der Waals surface area contributed by atoms with Crippen molar-refractivity contribution in [1.82, 2.24) is 15.1 Å². The van der Waals surface area contributed by atoms with Crippen LogP contribution in [0.15, 0.2) is 36.4 Å². The molecule has 152 valence electrons. The standard InChI is InChI=1S/C21H23ClN4O3/c1-4-26(5-2)19(27)12-29-18-9-7-14(11-16(18)22)23-21(28)20-15-10-13(3)6-8-17(15)24-25-20/h6-11H,4-5,12H2,1-3H3,(H,23,28)(H,24,25). The number of H-pyrrole nitrogens is 1. The Labute approximate surface area is 174 Å². The van der Waals surface area contributed by atoms with E-state index in [-0.39, 0.29) is 18.4 Å². The highest BCUT2D eigenvalue weighted by Crippen LogP contribution is 2.28. The van der Waals surface area contributed by atoms with E-state index >= 15 is 0 Å². The summed E-state index contributed by atoms with van der Waals surface area (Å²) in [4.78, 5) is 26.4. The van der Waals surface area contributed by atoms with Crippen molar-refractivity contribution < 1.29 is 14.3 Å². The lowest BCUT2D eigenvalue weighted by atomic mass is 10.1. The molecule has 0 bridgehead atoms. The van der Waals surface area contributed by atoms with E-state index in [1.165, 1.54) is 0 Å². The molecule has 0 radical (unpaired) electrons. The molecule has 3 aromatic rings. The number of fused-ring (bicyclic) bond motifs is 1. The molecular formula is C21H23ClN4O3. The van der Waals surface area contributed by atoms with E-state index in [1.807, 2.05) is 39.0 Å². The molecular weight excluding hydrogens is 392 g/mol. The van der Waals surface area contributed by atoms with Crippen LogP contribution in [0.25, 0.3) is 10.9 Å². The molecule has 0 unspecified atom stereocenters. The summed E-state index contributed by atoms with van der Waals surface area (Å²) in [6, 6.07) is 10.6. The monoisotopic (exact) mass is 414 g/mol. The molecule has 0 aliphatic heterocycles. The van der Waals surface area contributed by atoms with Crippen LogP contribution in [0.4, 0.5) is 5.69 Å². The van der Waals surface area contributed by atoms with Gasteiger partial charge in [0.1, 0.15) is 5.75 Å². The third-order valence-electron chi connectivity index (χ3n) is 4.59. The maximum Gasteiger partial charge on any atom is 0.276 e. The Balaban J connectivity index is 1.69. The molecule has 2 amide bonds. The van der Waals surface area contributed by atoms with Gasteiger partial charge in [-0.2, -0.15) is 5.10 Å². The second kappa shape index (κ2) is 8.96. The van der Waals surface area contributed by atoms with Crippen LogP contribution in [0.2, 0.25) is 5.02 Å². The summed E-state index contributed by atoms with van der Waals surface area (Å²) < 4.78 is 5.53. The lowest BCUT2D eigenvalue weighted by molar-refractivity contribution is -0.132. The van der Waals surface area contributed by atoms with Crippen molar-refractivity contribution in [3.8, 4) is 5.75 Å². The van der Waals surface area contributed by atoms with E-state index in [0.29, 0.717) is 35.2 Å². The van der Waals surface area contributed by atoms with Gasteiger partial charge in [0.05, 0.1) is 10.5 Å². The number of halogens is 1. The Morgan fingerprint density at radius 1 is 1.17 bits per heavy atom. The number of anilines is 1. The van der Waals surface area contributed by atoms with Crippen LogP contribution >= 0.6 is 11.6 Å². The van der Waals surface area contributed by atoms with Gasteiger partial charge < -0.3 is 15.0 Å². The van der Waals surface area contributed by atoms with Gasteiger partial charge in [-0.3, -0.25) is 14.7 Å². The van der Waals surface area contributed by atoms with Crippen molar-refractivity contribution >= 4 is 40.0 Å². The fraction of sp³-hybridized carbons (Fsp3) is 0.286. The van der Waals surface area contributed by atoms with E-state index in [0.717, 1.165) is 16.5 Å². The van der Waals surface area contributed by atoms with Crippen LogP contribution in [0.5, 0.6) is 5.75 Å². The zero-order valence-electron chi connectivity index (χ0n) is 16.6. The average Bonchev–Trinajstić information content (AvgIpc) is 3.11. The van der Waals surface area contributed by atoms with Crippen molar-refractivity contribution in [2.45, 2.75) is 20.8 Å². The first-order chi connectivity index (χ1) is 13.9. The van der Waals surface area contributed by atoms with Gasteiger partial charge in [0.2, 0.25) is 0 Å². The normalized spacial score (nSPS) is 10.8. The molecule has 0 fully saturated rings. The van der Waals surface area contributed by atoms with Crippen molar-refractivity contribution in [2.24, 2.45) is 0 Å².